The number of benzene rings is 2. The molecule has 0 bridgehead atoms. The van der Waals surface area contributed by atoms with E-state index in [1.807, 2.05) is 6.07 Å². The topological polar surface area (TPSA) is 30.9 Å². The zero-order chi connectivity index (χ0) is 11.8. The fraction of sp³-hybridized carbons (Fsp3) is 0.200. The minimum Gasteiger partial charge on any atom is -0.339 e. The van der Waals surface area contributed by atoms with Gasteiger partial charge in [-0.25, -0.2) is 0 Å². The van der Waals surface area contributed by atoms with E-state index in [1.54, 1.807) is 4.68 Å². The fourth-order valence-corrected chi connectivity index (χ4v) is 2.49. The lowest BCUT2D eigenvalue weighted by atomic mass is 10.1. The van der Waals surface area contributed by atoms with Crippen molar-refractivity contribution in [2.75, 3.05) is 5.84 Å². The Kier molecular flexibility index (Phi) is 2.29. The van der Waals surface area contributed by atoms with Gasteiger partial charge in [-0.3, -0.25) is 4.68 Å². The summed E-state index contributed by atoms with van der Waals surface area (Å²) in [4.78, 5) is 0. The first-order valence-electron chi connectivity index (χ1n) is 6.08. The Labute approximate surface area is 101 Å². The third-order valence-corrected chi connectivity index (χ3v) is 3.31. The largest absolute Gasteiger partial charge is 0.339 e. The standard InChI is InChI=1S/C15H16N2/c1-2-5-11-8-9-13-12-6-3-4-7-14(12)17(16)15(13)10-11/h3-4,6-10H,2,5,16H2,1H3. The molecule has 2 aromatic carbocycles. The van der Waals surface area contributed by atoms with E-state index in [-0.39, 0.29) is 0 Å². The summed E-state index contributed by atoms with van der Waals surface area (Å²) in [6, 6.07) is 14.9. The minimum atomic E-state index is 1.09. The van der Waals surface area contributed by atoms with E-state index >= 15 is 0 Å². The van der Waals surface area contributed by atoms with Crippen LogP contribution in [0.15, 0.2) is 42.5 Å². The van der Waals surface area contributed by atoms with Gasteiger partial charge in [0.15, 0.2) is 0 Å². The molecule has 0 aliphatic heterocycles. The molecule has 0 aliphatic carbocycles. The Balaban J connectivity index is 2.36. The Bertz CT molecular complexity index is 680. The van der Waals surface area contributed by atoms with Crippen molar-refractivity contribution >= 4 is 21.8 Å². The molecule has 0 radical (unpaired) electrons. The smallest absolute Gasteiger partial charge is 0.0706 e. The third-order valence-electron chi connectivity index (χ3n) is 3.31. The normalized spacial score (nSPS) is 11.4. The Morgan fingerprint density at radius 3 is 2.59 bits per heavy atom. The highest BCUT2D eigenvalue weighted by atomic mass is 15.3. The van der Waals surface area contributed by atoms with Crippen molar-refractivity contribution in [3.05, 3.63) is 48.0 Å². The van der Waals surface area contributed by atoms with E-state index in [0.29, 0.717) is 0 Å². The fourth-order valence-electron chi connectivity index (χ4n) is 2.49. The number of aromatic nitrogens is 1. The summed E-state index contributed by atoms with van der Waals surface area (Å²) < 4.78 is 1.80. The van der Waals surface area contributed by atoms with E-state index in [9.17, 15) is 0 Å². The molecule has 0 fully saturated rings. The molecule has 17 heavy (non-hydrogen) atoms. The van der Waals surface area contributed by atoms with E-state index in [4.69, 9.17) is 5.84 Å². The SMILES string of the molecule is CCCc1ccc2c3ccccc3n(N)c2c1. The van der Waals surface area contributed by atoms with E-state index in [2.05, 4.69) is 43.3 Å². The van der Waals surface area contributed by atoms with Crippen molar-refractivity contribution < 1.29 is 0 Å². The van der Waals surface area contributed by atoms with Gasteiger partial charge in [0.2, 0.25) is 0 Å². The zero-order valence-corrected chi connectivity index (χ0v) is 9.98. The summed E-state index contributed by atoms with van der Waals surface area (Å²) in [6.07, 6.45) is 2.27. The quantitative estimate of drug-likeness (QED) is 0.664. The van der Waals surface area contributed by atoms with Crippen molar-refractivity contribution in [3.63, 3.8) is 0 Å². The van der Waals surface area contributed by atoms with Gasteiger partial charge in [-0.2, -0.15) is 0 Å². The van der Waals surface area contributed by atoms with Crippen molar-refractivity contribution in [2.45, 2.75) is 19.8 Å². The van der Waals surface area contributed by atoms with E-state index in [0.717, 1.165) is 23.9 Å². The molecule has 1 heterocycles. The van der Waals surface area contributed by atoms with Crippen LogP contribution >= 0.6 is 0 Å². The van der Waals surface area contributed by atoms with Crippen LogP contribution < -0.4 is 5.84 Å². The molecule has 0 atom stereocenters. The van der Waals surface area contributed by atoms with Crippen LogP contribution in [0.5, 0.6) is 0 Å². The maximum atomic E-state index is 6.16. The molecule has 0 aliphatic rings. The second kappa shape index (κ2) is 3.81. The highest BCUT2D eigenvalue weighted by Crippen LogP contribution is 2.27. The molecule has 3 rings (SSSR count). The molecule has 0 saturated carbocycles. The van der Waals surface area contributed by atoms with Crippen LogP contribution in [0.2, 0.25) is 0 Å². The molecule has 0 saturated heterocycles. The monoisotopic (exact) mass is 224 g/mol. The number of hydrogen-bond donors (Lipinski definition) is 1. The number of fused-ring (bicyclic) bond motifs is 3. The third kappa shape index (κ3) is 1.48. The first-order chi connectivity index (χ1) is 8.31. The number of nitrogens with zero attached hydrogens (tertiary/aromatic N) is 1. The number of hydrogen-bond acceptors (Lipinski definition) is 1. The molecule has 1 aromatic heterocycles. The summed E-state index contributed by atoms with van der Waals surface area (Å²) >= 11 is 0. The summed E-state index contributed by atoms with van der Waals surface area (Å²) in [5.74, 6) is 6.16. The molecule has 86 valence electrons. The lowest BCUT2D eigenvalue weighted by molar-refractivity contribution is 0.922. The van der Waals surface area contributed by atoms with Crippen LogP contribution in [0.1, 0.15) is 18.9 Å². The molecular formula is C15H16N2. The van der Waals surface area contributed by atoms with Crippen LogP contribution in [0.4, 0.5) is 0 Å². The first kappa shape index (κ1) is 10.2. The molecule has 2 nitrogen and oxygen atoms in total. The van der Waals surface area contributed by atoms with Gasteiger partial charge in [0.05, 0.1) is 11.0 Å². The predicted molar refractivity (Wildman–Crippen MR) is 73.6 cm³/mol. The maximum absolute atomic E-state index is 6.16. The second-order valence-corrected chi connectivity index (χ2v) is 4.49. The summed E-state index contributed by atoms with van der Waals surface area (Å²) in [7, 11) is 0. The Hall–Kier alpha value is -1.96. The summed E-state index contributed by atoms with van der Waals surface area (Å²) in [6.45, 7) is 2.20. The number of aryl methyl sites for hydroxylation is 1. The molecule has 3 aromatic rings. The average Bonchev–Trinajstić information content (AvgIpc) is 2.65. The highest BCUT2D eigenvalue weighted by Gasteiger charge is 2.08. The molecule has 2 N–H and O–H groups in total. The van der Waals surface area contributed by atoms with Crippen LogP contribution in [0, 0.1) is 0 Å². The molecule has 0 amide bonds. The van der Waals surface area contributed by atoms with Crippen LogP contribution in [0.3, 0.4) is 0 Å². The van der Waals surface area contributed by atoms with Gasteiger partial charge >= 0.3 is 0 Å². The minimum absolute atomic E-state index is 1.09. The molecular weight excluding hydrogens is 208 g/mol. The maximum Gasteiger partial charge on any atom is 0.0706 e. The molecule has 0 spiro atoms. The lowest BCUT2D eigenvalue weighted by Crippen LogP contribution is -2.06. The van der Waals surface area contributed by atoms with Crippen LogP contribution in [0.25, 0.3) is 21.8 Å². The summed E-state index contributed by atoms with van der Waals surface area (Å²) in [5.41, 5.74) is 3.57. The Morgan fingerprint density at radius 1 is 1.00 bits per heavy atom. The Morgan fingerprint density at radius 2 is 1.76 bits per heavy atom. The zero-order valence-electron chi connectivity index (χ0n) is 9.98. The van der Waals surface area contributed by atoms with Gasteiger partial charge in [-0.15, -0.1) is 0 Å². The van der Waals surface area contributed by atoms with Gasteiger partial charge in [0.1, 0.15) is 0 Å². The van der Waals surface area contributed by atoms with Crippen molar-refractivity contribution in [1.82, 2.24) is 4.68 Å². The van der Waals surface area contributed by atoms with Gasteiger partial charge < -0.3 is 5.84 Å². The van der Waals surface area contributed by atoms with Crippen LogP contribution in [-0.4, -0.2) is 4.68 Å². The molecule has 0 unspecified atom stereocenters. The molecule has 2 heteroatoms. The van der Waals surface area contributed by atoms with E-state index < -0.39 is 0 Å². The van der Waals surface area contributed by atoms with Gasteiger partial charge in [0, 0.05) is 10.8 Å². The van der Waals surface area contributed by atoms with Gasteiger partial charge in [0.25, 0.3) is 0 Å². The van der Waals surface area contributed by atoms with Gasteiger partial charge in [-0.1, -0.05) is 43.7 Å². The van der Waals surface area contributed by atoms with Crippen molar-refractivity contribution in [3.8, 4) is 0 Å². The number of nitrogen functional groups attached to an aromatic ring is 1. The summed E-state index contributed by atoms with van der Waals surface area (Å²) in [5, 5.41) is 2.47. The van der Waals surface area contributed by atoms with Crippen molar-refractivity contribution in [2.24, 2.45) is 0 Å². The number of nitrogens with two attached hydrogens (primary N) is 1. The van der Waals surface area contributed by atoms with E-state index in [1.165, 1.54) is 16.3 Å². The number of para-hydroxylation sites is 1. The first-order valence-corrected chi connectivity index (χ1v) is 6.08. The average molecular weight is 224 g/mol. The highest BCUT2D eigenvalue weighted by molar-refractivity contribution is 6.08. The van der Waals surface area contributed by atoms with Gasteiger partial charge in [-0.05, 0) is 24.1 Å². The lowest BCUT2D eigenvalue weighted by Gasteiger charge is -2.01. The van der Waals surface area contributed by atoms with Crippen molar-refractivity contribution in [1.29, 1.82) is 0 Å². The predicted octanol–water partition coefficient (Wildman–Crippen LogP) is 3.46. The van der Waals surface area contributed by atoms with Crippen LogP contribution in [-0.2, 0) is 6.42 Å². The number of rotatable bonds is 2. The second-order valence-electron chi connectivity index (χ2n) is 4.49.